The number of rotatable bonds is 3. The van der Waals surface area contributed by atoms with Crippen LogP contribution in [-0.2, 0) is 0 Å². The van der Waals surface area contributed by atoms with Crippen LogP contribution in [0, 0.1) is 30.3 Å². The maximum absolute atomic E-state index is 10.5. The summed E-state index contributed by atoms with van der Waals surface area (Å²) in [5.41, 5.74) is -3.42. The number of phenols is 2. The van der Waals surface area contributed by atoms with Crippen molar-refractivity contribution >= 4 is 22.7 Å². The Bertz CT molecular complexity index is 1040. The van der Waals surface area contributed by atoms with E-state index in [-0.39, 0.29) is 6.07 Å². The molecule has 3 aromatic rings. The van der Waals surface area contributed by atoms with Crippen LogP contribution in [-0.4, -0.2) is 34.5 Å². The fraction of sp³-hybridized carbons (Fsp3) is 0. The molecule has 27 heavy (non-hydrogen) atoms. The maximum Gasteiger partial charge on any atom is 0.460 e. The summed E-state index contributed by atoms with van der Waals surface area (Å²) >= 11 is 0. The average Bonchev–Trinajstić information content (AvgIpc) is 2.94. The molecule has 0 bridgehead atoms. The fourth-order valence-corrected chi connectivity index (χ4v) is 1.85. The van der Waals surface area contributed by atoms with Gasteiger partial charge in [0.05, 0.1) is 14.8 Å². The lowest BCUT2D eigenvalue weighted by molar-refractivity contribution is -0.405. The lowest BCUT2D eigenvalue weighted by atomic mass is 10.2. The van der Waals surface area contributed by atoms with Gasteiger partial charge in [-0.25, -0.2) is 4.79 Å². The predicted molar refractivity (Wildman–Crippen MR) is 83.5 cm³/mol. The maximum atomic E-state index is 10.5. The number of nitro groups is 3. The zero-order valence-corrected chi connectivity index (χ0v) is 12.8. The van der Waals surface area contributed by atoms with Gasteiger partial charge in [0.15, 0.2) is 5.65 Å². The van der Waals surface area contributed by atoms with Crippen LogP contribution in [0.25, 0.3) is 5.65 Å². The molecule has 2 aromatic heterocycles. The fourth-order valence-electron chi connectivity index (χ4n) is 1.85. The number of hydrogen-bond donors (Lipinski definition) is 2. The van der Waals surface area contributed by atoms with Crippen molar-refractivity contribution in [2.24, 2.45) is 0 Å². The number of aromatic nitrogens is 2. The highest BCUT2D eigenvalue weighted by Gasteiger charge is 2.36. The number of phenolic OH excluding ortho intramolecular Hbond substituents is 2. The number of nitrogens with zero attached hydrogens (tertiary/aromatic N) is 5. The predicted octanol–water partition coefficient (Wildman–Crippen LogP) is 1.11. The summed E-state index contributed by atoms with van der Waals surface area (Å²) in [6.45, 7) is 0. The minimum Gasteiger partial charge on any atom is -0.497 e. The van der Waals surface area contributed by atoms with Gasteiger partial charge < -0.3 is 14.7 Å². The quantitative estimate of drug-likeness (QED) is 0.483. The largest absolute Gasteiger partial charge is 0.497 e. The highest BCUT2D eigenvalue weighted by molar-refractivity contribution is 5.73. The number of aromatic hydroxyl groups is 2. The van der Waals surface area contributed by atoms with E-state index in [4.69, 9.17) is 10.2 Å². The third-order valence-electron chi connectivity index (χ3n) is 2.97. The van der Waals surface area contributed by atoms with E-state index in [2.05, 4.69) is 9.51 Å². The second-order valence-electron chi connectivity index (χ2n) is 4.59. The van der Waals surface area contributed by atoms with E-state index >= 15 is 0 Å². The molecule has 2 N–H and O–H groups in total. The van der Waals surface area contributed by atoms with E-state index < -0.39 is 49.1 Å². The first-order valence-corrected chi connectivity index (χ1v) is 6.60. The van der Waals surface area contributed by atoms with E-state index in [1.807, 2.05) is 0 Å². The zero-order valence-electron chi connectivity index (χ0n) is 12.8. The molecule has 0 saturated carbocycles. The number of benzene rings is 1. The van der Waals surface area contributed by atoms with Crippen LogP contribution in [0.2, 0.25) is 0 Å². The molecule has 0 radical (unpaired) electrons. The first-order valence-electron chi connectivity index (χ1n) is 6.60. The van der Waals surface area contributed by atoms with Gasteiger partial charge in [-0.05, 0) is 12.1 Å². The molecule has 0 atom stereocenters. The molecule has 0 aliphatic rings. The third-order valence-corrected chi connectivity index (χ3v) is 2.97. The Morgan fingerprint density at radius 3 is 1.96 bits per heavy atom. The minimum atomic E-state index is -1.48. The summed E-state index contributed by atoms with van der Waals surface area (Å²) in [5, 5.41) is 49.5. The van der Waals surface area contributed by atoms with E-state index in [9.17, 15) is 35.1 Å². The summed E-state index contributed by atoms with van der Waals surface area (Å²) in [5.74, 6) is -3.45. The Morgan fingerprint density at radius 1 is 0.963 bits per heavy atom. The van der Waals surface area contributed by atoms with Crippen LogP contribution < -0.4 is 5.76 Å². The van der Waals surface area contributed by atoms with E-state index in [0.29, 0.717) is 5.65 Å². The Hall–Kier alpha value is -4.56. The SMILES string of the molecule is O=[N+]([O-])c1cc([N+](=O)[O-])c(O)c([N+](=O)[O-])c1O.O=c1nc2ccccn2o1. The van der Waals surface area contributed by atoms with Gasteiger partial charge in [0, 0.05) is 6.20 Å². The van der Waals surface area contributed by atoms with Crippen molar-refractivity contribution in [2.45, 2.75) is 0 Å². The zero-order chi connectivity index (χ0) is 20.3. The lowest BCUT2D eigenvalue weighted by Gasteiger charge is -2.00. The van der Waals surface area contributed by atoms with E-state index in [1.165, 1.54) is 4.57 Å². The van der Waals surface area contributed by atoms with Crippen LogP contribution in [0.3, 0.4) is 0 Å². The normalized spacial score (nSPS) is 10.1. The molecule has 15 heteroatoms. The smallest absolute Gasteiger partial charge is 0.460 e. The van der Waals surface area contributed by atoms with Gasteiger partial charge in [0.2, 0.25) is 0 Å². The van der Waals surface area contributed by atoms with Crippen molar-refractivity contribution < 1.29 is 29.5 Å². The minimum absolute atomic E-state index is 0.234. The molecular weight excluding hydrogens is 374 g/mol. The van der Waals surface area contributed by atoms with Gasteiger partial charge in [-0.3, -0.25) is 30.3 Å². The summed E-state index contributed by atoms with van der Waals surface area (Å²) in [6.07, 6.45) is 1.63. The van der Waals surface area contributed by atoms with Crippen LogP contribution in [0.1, 0.15) is 0 Å². The van der Waals surface area contributed by atoms with Crippen molar-refractivity contribution in [1.82, 2.24) is 9.56 Å². The van der Waals surface area contributed by atoms with Gasteiger partial charge in [0.1, 0.15) is 6.07 Å². The molecule has 0 saturated heterocycles. The molecule has 0 aliphatic heterocycles. The number of pyridine rings is 1. The summed E-state index contributed by atoms with van der Waals surface area (Å²) < 4.78 is 5.94. The van der Waals surface area contributed by atoms with Crippen molar-refractivity contribution in [2.75, 3.05) is 0 Å². The topological polar surface area (TPSA) is 217 Å². The third kappa shape index (κ3) is 3.76. The molecule has 3 rings (SSSR count). The summed E-state index contributed by atoms with van der Waals surface area (Å²) in [7, 11) is 0. The Morgan fingerprint density at radius 2 is 1.52 bits per heavy atom. The monoisotopic (exact) mass is 381 g/mol. The molecule has 0 amide bonds. The molecular formula is C12H7N5O10. The van der Waals surface area contributed by atoms with Crippen LogP contribution in [0.4, 0.5) is 17.1 Å². The number of hydrogen-bond acceptors (Lipinski definition) is 11. The number of fused-ring (bicyclic) bond motifs is 1. The van der Waals surface area contributed by atoms with Crippen LogP contribution in [0.15, 0.2) is 39.8 Å². The van der Waals surface area contributed by atoms with Crippen molar-refractivity contribution in [3.63, 3.8) is 0 Å². The van der Waals surface area contributed by atoms with Crippen molar-refractivity contribution in [3.8, 4) is 11.5 Å². The summed E-state index contributed by atoms with van der Waals surface area (Å²) in [6, 6.07) is 5.48. The van der Waals surface area contributed by atoms with Gasteiger partial charge in [0.25, 0.3) is 11.5 Å². The van der Waals surface area contributed by atoms with Crippen molar-refractivity contribution in [3.05, 3.63) is 71.4 Å². The summed E-state index contributed by atoms with van der Waals surface area (Å²) in [4.78, 5) is 41.4. The highest BCUT2D eigenvalue weighted by atomic mass is 16.6. The van der Waals surface area contributed by atoms with E-state index in [1.54, 1.807) is 24.4 Å². The Balaban J connectivity index is 0.000000219. The van der Waals surface area contributed by atoms with Gasteiger partial charge in [-0.1, -0.05) is 6.07 Å². The molecule has 2 heterocycles. The molecule has 0 aliphatic carbocycles. The molecule has 0 unspecified atom stereocenters. The highest BCUT2D eigenvalue weighted by Crippen LogP contribution is 2.47. The van der Waals surface area contributed by atoms with Gasteiger partial charge >= 0.3 is 22.8 Å². The molecule has 15 nitrogen and oxygen atoms in total. The second kappa shape index (κ2) is 7.13. The Labute approximate surface area is 145 Å². The lowest BCUT2D eigenvalue weighted by Crippen LogP contribution is -1.98. The second-order valence-corrected chi connectivity index (χ2v) is 4.59. The van der Waals surface area contributed by atoms with Crippen LogP contribution in [0.5, 0.6) is 11.5 Å². The average molecular weight is 381 g/mol. The first-order chi connectivity index (χ1) is 12.6. The number of nitro benzene ring substituents is 3. The van der Waals surface area contributed by atoms with Gasteiger partial charge in [-0.2, -0.15) is 9.56 Å². The molecule has 0 fully saturated rings. The van der Waals surface area contributed by atoms with E-state index in [0.717, 1.165) is 0 Å². The Kier molecular flexibility index (Phi) is 4.96. The van der Waals surface area contributed by atoms with Crippen molar-refractivity contribution in [1.29, 1.82) is 0 Å². The molecule has 0 spiro atoms. The molecule has 140 valence electrons. The van der Waals surface area contributed by atoms with Gasteiger partial charge in [-0.15, -0.1) is 0 Å². The van der Waals surface area contributed by atoms with Crippen LogP contribution >= 0.6 is 0 Å². The molecule has 1 aromatic carbocycles. The first kappa shape index (κ1) is 18.8. The standard InChI is InChI=1S/C6H3N3O8.C6H4N2O2/c10-5-2(7(12)13)1-3(8(14)15)6(11)4(5)9(16)17;9-6-7-5-3-1-2-4-8(5)10-6/h1,10-11H;1-4H.